The number of benzene rings is 4. The molecule has 0 unspecified atom stereocenters. The first-order valence-corrected chi connectivity index (χ1v) is 35.3. The van der Waals surface area contributed by atoms with Gasteiger partial charge in [-0.3, -0.25) is 29.4 Å². The fourth-order valence-corrected chi connectivity index (χ4v) is 11.4. The molecular formula is C69H63Cl4N17O13S2. The van der Waals surface area contributed by atoms with Crippen LogP contribution in [0.3, 0.4) is 0 Å². The molecule has 0 aliphatic rings. The molecule has 0 bridgehead atoms. The average molecular weight is 1540 g/mol. The summed E-state index contributed by atoms with van der Waals surface area (Å²) in [5.41, 5.74) is 8.73. The molecule has 12 aromatic rings. The Bertz CT molecular complexity index is 4950. The SMILES string of the molecule is CCNS(=O)(=O)Nc1nc(-c2ccncc2)nc(Cl)c1Oc1ccccc1OC.CCNS(=O)(=O)Nc1nc(-c2ccncc2)nc(OC)c1Oc1ccccc1OC.COc1ccccc1Oc1c(Cl)nc(-c2ccncc2)nc1Cl.COc1ccccc1Oc1c(N)nc(-c2ccncc2)nc1Cl. The predicted molar refractivity (Wildman–Crippen MR) is 397 cm³/mol. The Labute approximate surface area is 623 Å². The molecule has 542 valence electrons. The van der Waals surface area contributed by atoms with Crippen molar-refractivity contribution in [3.05, 3.63) is 216 Å². The number of pyridine rings is 4. The highest BCUT2D eigenvalue weighted by atomic mass is 35.5. The van der Waals surface area contributed by atoms with E-state index in [1.165, 1.54) is 21.3 Å². The molecule has 0 fully saturated rings. The second-order valence-electron chi connectivity index (χ2n) is 20.4. The normalized spacial score (nSPS) is 10.8. The van der Waals surface area contributed by atoms with Crippen LogP contribution in [0.1, 0.15) is 13.8 Å². The molecule has 0 amide bonds. The molecular weight excluding hydrogens is 1480 g/mol. The van der Waals surface area contributed by atoms with Crippen LogP contribution in [-0.2, 0) is 20.4 Å². The molecule has 0 aliphatic heterocycles. The summed E-state index contributed by atoms with van der Waals surface area (Å²) < 4.78 is 108. The van der Waals surface area contributed by atoms with Crippen LogP contribution in [0.25, 0.3) is 45.6 Å². The van der Waals surface area contributed by atoms with E-state index in [1.807, 2.05) is 24.3 Å². The molecule has 0 radical (unpaired) electrons. The van der Waals surface area contributed by atoms with Crippen LogP contribution in [0.15, 0.2) is 195 Å². The average Bonchev–Trinajstić information content (AvgIpc) is 0.793. The van der Waals surface area contributed by atoms with Gasteiger partial charge in [-0.25, -0.2) is 34.9 Å². The van der Waals surface area contributed by atoms with Gasteiger partial charge in [-0.1, -0.05) is 109 Å². The summed E-state index contributed by atoms with van der Waals surface area (Å²) in [6, 6.07) is 41.9. The van der Waals surface area contributed by atoms with Crippen molar-refractivity contribution in [2.45, 2.75) is 13.8 Å². The third kappa shape index (κ3) is 21.3. The van der Waals surface area contributed by atoms with Gasteiger partial charge in [-0.15, -0.1) is 0 Å². The molecule has 4 aromatic carbocycles. The first-order chi connectivity index (χ1) is 50.8. The van der Waals surface area contributed by atoms with Crippen LogP contribution in [0.5, 0.6) is 74.9 Å². The van der Waals surface area contributed by atoms with Crippen molar-refractivity contribution in [2.24, 2.45) is 0 Å². The number of halogens is 4. The molecule has 8 aromatic heterocycles. The van der Waals surface area contributed by atoms with Gasteiger partial charge in [0.2, 0.25) is 23.0 Å². The quantitative estimate of drug-likeness (QED) is 0.0332. The summed E-state index contributed by atoms with van der Waals surface area (Å²) in [7, 11) is -0.326. The number of hydrogen-bond donors (Lipinski definition) is 5. The van der Waals surface area contributed by atoms with E-state index in [-0.39, 0.29) is 91.7 Å². The van der Waals surface area contributed by atoms with Crippen LogP contribution < -0.4 is 67.3 Å². The summed E-state index contributed by atoms with van der Waals surface area (Å²) in [6.07, 6.45) is 12.8. The van der Waals surface area contributed by atoms with Crippen LogP contribution in [-0.4, -0.2) is 125 Å². The van der Waals surface area contributed by atoms with Gasteiger partial charge in [-0.2, -0.15) is 31.3 Å². The minimum absolute atomic E-state index is 0.0127. The lowest BCUT2D eigenvalue weighted by Gasteiger charge is -2.17. The van der Waals surface area contributed by atoms with Crippen LogP contribution >= 0.6 is 46.4 Å². The molecule has 0 saturated carbocycles. The van der Waals surface area contributed by atoms with E-state index in [4.69, 9.17) is 94.8 Å². The standard InChI is InChI=1S/C19H21N5O5S.C18H18ClN5O4S.C16H11Cl2N3O2.C16H13ClN4O2/c1-4-21-30(25,26)24-18-16(29-15-8-6-5-7-14(15)27-2)19(28-3)23-17(22-18)13-9-11-20-12-10-13;1-3-21-29(25,26)24-18-15(28-14-7-5-4-6-13(14)27-2)16(19)22-17(23-18)12-8-10-20-11-9-12;2*1-22-11-4-2-3-5-12(11)23-13-14(17)20-16(21-15(13)18)10-6-8-19-9-7-10/h5-12,21H,4H2,1-3H3,(H,22,23,24);4-11,21H,3H2,1-2H3,(H,22,23,24);2-9H,1H3;2-9H,1H3,(H2,18,20,21). The number of ether oxygens (including phenoxy) is 9. The molecule has 6 N–H and O–H groups in total. The number of methoxy groups -OCH3 is 5. The Morgan fingerprint density at radius 3 is 0.924 bits per heavy atom. The fourth-order valence-electron chi connectivity index (χ4n) is 8.81. The zero-order valence-corrected chi connectivity index (χ0v) is 61.1. The highest BCUT2D eigenvalue weighted by Crippen LogP contribution is 2.44. The van der Waals surface area contributed by atoms with Crippen LogP contribution in [0.4, 0.5) is 17.5 Å². The second-order valence-corrected chi connectivity index (χ2v) is 24.9. The summed E-state index contributed by atoms with van der Waals surface area (Å²) in [5, 5.41) is 0.271. The highest BCUT2D eigenvalue weighted by molar-refractivity contribution is 7.91. The summed E-state index contributed by atoms with van der Waals surface area (Å²) in [6.45, 7) is 3.70. The molecule has 36 heteroatoms. The van der Waals surface area contributed by atoms with E-state index in [1.54, 1.807) is 199 Å². The lowest BCUT2D eigenvalue weighted by atomic mass is 10.2. The zero-order chi connectivity index (χ0) is 74.9. The van der Waals surface area contributed by atoms with Crippen molar-refractivity contribution in [3.8, 4) is 120 Å². The molecule has 12 rings (SSSR count). The maximum atomic E-state index is 12.4. The van der Waals surface area contributed by atoms with Crippen molar-refractivity contribution < 1.29 is 59.5 Å². The minimum atomic E-state index is -3.91. The third-order valence-corrected chi connectivity index (χ3v) is 16.8. The first-order valence-electron chi connectivity index (χ1n) is 30.8. The number of nitrogen functional groups attached to an aromatic ring is 1. The minimum Gasteiger partial charge on any atom is -0.493 e. The Morgan fingerprint density at radius 2 is 0.600 bits per heavy atom. The third-order valence-electron chi connectivity index (χ3n) is 13.5. The molecule has 0 spiro atoms. The summed E-state index contributed by atoms with van der Waals surface area (Å²) in [4.78, 5) is 50.0. The van der Waals surface area contributed by atoms with E-state index in [2.05, 4.69) is 78.7 Å². The first kappa shape index (κ1) is 77.5. The number of rotatable bonds is 25. The number of para-hydroxylation sites is 8. The van der Waals surface area contributed by atoms with E-state index < -0.39 is 20.4 Å². The maximum absolute atomic E-state index is 12.4. The van der Waals surface area contributed by atoms with Gasteiger partial charge in [0.25, 0.3) is 26.3 Å². The number of anilines is 3. The largest absolute Gasteiger partial charge is 0.493 e. The topological polar surface area (TPSA) is 380 Å². The van der Waals surface area contributed by atoms with Crippen molar-refractivity contribution in [2.75, 3.05) is 63.8 Å². The summed E-state index contributed by atoms with van der Waals surface area (Å²) in [5.74, 6) is 5.09. The smallest absolute Gasteiger partial charge is 0.300 e. The molecule has 0 saturated heterocycles. The Hall–Kier alpha value is -11.6. The Kier molecular flexibility index (Phi) is 27.7. The lowest BCUT2D eigenvalue weighted by Crippen LogP contribution is -2.30. The van der Waals surface area contributed by atoms with E-state index in [0.717, 1.165) is 11.1 Å². The van der Waals surface area contributed by atoms with E-state index in [9.17, 15) is 16.8 Å². The summed E-state index contributed by atoms with van der Waals surface area (Å²) >= 11 is 25.0. The van der Waals surface area contributed by atoms with Crippen molar-refractivity contribution >= 4 is 84.3 Å². The molecule has 8 heterocycles. The highest BCUT2D eigenvalue weighted by Gasteiger charge is 2.26. The molecule has 0 atom stereocenters. The molecule has 105 heavy (non-hydrogen) atoms. The van der Waals surface area contributed by atoms with Crippen molar-refractivity contribution in [3.63, 3.8) is 0 Å². The van der Waals surface area contributed by atoms with Gasteiger partial charge in [0.15, 0.2) is 107 Å². The van der Waals surface area contributed by atoms with E-state index >= 15 is 0 Å². The Balaban J connectivity index is 0.000000163. The van der Waals surface area contributed by atoms with Gasteiger partial charge in [0.1, 0.15) is 0 Å². The zero-order valence-electron chi connectivity index (χ0n) is 56.5. The Morgan fingerprint density at radius 1 is 0.333 bits per heavy atom. The second kappa shape index (κ2) is 37.5. The number of hydrogen-bond acceptors (Lipinski definition) is 26. The van der Waals surface area contributed by atoms with Gasteiger partial charge in [-0.05, 0) is 97.1 Å². The van der Waals surface area contributed by atoms with Crippen molar-refractivity contribution in [1.82, 2.24) is 69.3 Å². The maximum Gasteiger partial charge on any atom is 0.300 e. The van der Waals surface area contributed by atoms with Crippen molar-refractivity contribution in [1.29, 1.82) is 0 Å². The van der Waals surface area contributed by atoms with E-state index in [0.29, 0.717) is 68.8 Å². The van der Waals surface area contributed by atoms with Gasteiger partial charge >= 0.3 is 0 Å². The van der Waals surface area contributed by atoms with Crippen LogP contribution in [0.2, 0.25) is 20.6 Å². The van der Waals surface area contributed by atoms with Gasteiger partial charge in [0, 0.05) is 84.9 Å². The number of nitrogens with two attached hydrogens (primary N) is 1. The molecule has 30 nitrogen and oxygen atoms in total. The molecule has 0 aliphatic carbocycles. The fraction of sp³-hybridized carbons (Fsp3) is 0.130. The van der Waals surface area contributed by atoms with Gasteiger partial charge < -0.3 is 48.4 Å². The number of aromatic nitrogens is 12. The lowest BCUT2D eigenvalue weighted by molar-refractivity contribution is 0.348. The van der Waals surface area contributed by atoms with Gasteiger partial charge in [0.05, 0.1) is 35.5 Å². The van der Waals surface area contributed by atoms with Crippen LogP contribution in [0, 0.1) is 0 Å². The number of nitrogens with zero attached hydrogens (tertiary/aromatic N) is 12. The number of nitrogens with one attached hydrogen (secondary N) is 4. The predicted octanol–water partition coefficient (Wildman–Crippen LogP) is 14.1. The monoisotopic (exact) mass is 1540 g/mol.